The zero-order valence-corrected chi connectivity index (χ0v) is 10.5. The number of rotatable bonds is 4. The van der Waals surface area contributed by atoms with Gasteiger partial charge in [-0.1, -0.05) is 19.1 Å². The van der Waals surface area contributed by atoms with Gasteiger partial charge in [-0.05, 0) is 43.5 Å². The van der Waals surface area contributed by atoms with Crippen molar-refractivity contribution in [2.75, 3.05) is 6.54 Å². The quantitative estimate of drug-likeness (QED) is 0.894. The molecule has 1 heterocycles. The number of likely N-dealkylation sites (tertiary alicyclic amines) is 1. The van der Waals surface area contributed by atoms with Gasteiger partial charge in [-0.2, -0.15) is 0 Å². The fourth-order valence-corrected chi connectivity index (χ4v) is 2.80. The highest BCUT2D eigenvalue weighted by Gasteiger charge is 2.35. The SMILES string of the molecule is CCC(c1cccc(F)c1)N1CCCC1C(=O)O. The van der Waals surface area contributed by atoms with Crippen molar-refractivity contribution in [3.05, 3.63) is 35.6 Å². The lowest BCUT2D eigenvalue weighted by molar-refractivity contribution is -0.143. The Kier molecular flexibility index (Phi) is 3.97. The van der Waals surface area contributed by atoms with Crippen LogP contribution in [0.15, 0.2) is 24.3 Å². The highest BCUT2D eigenvalue weighted by atomic mass is 19.1. The summed E-state index contributed by atoms with van der Waals surface area (Å²) < 4.78 is 13.3. The summed E-state index contributed by atoms with van der Waals surface area (Å²) >= 11 is 0. The third kappa shape index (κ3) is 2.53. The van der Waals surface area contributed by atoms with Crippen molar-refractivity contribution in [1.82, 2.24) is 4.90 Å². The van der Waals surface area contributed by atoms with Crippen LogP contribution in [0, 0.1) is 5.82 Å². The van der Waals surface area contributed by atoms with Gasteiger partial charge in [0.25, 0.3) is 0 Å². The summed E-state index contributed by atoms with van der Waals surface area (Å²) in [4.78, 5) is 13.2. The largest absolute Gasteiger partial charge is 0.480 e. The average Bonchev–Trinajstić information content (AvgIpc) is 2.79. The Hall–Kier alpha value is -1.42. The molecule has 1 aromatic carbocycles. The van der Waals surface area contributed by atoms with Crippen molar-refractivity contribution < 1.29 is 14.3 Å². The minimum atomic E-state index is -0.776. The number of carboxylic acid groups (broad SMARTS) is 1. The first kappa shape index (κ1) is 13.0. The summed E-state index contributed by atoms with van der Waals surface area (Å²) in [5.41, 5.74) is 0.866. The molecule has 2 atom stereocenters. The zero-order valence-electron chi connectivity index (χ0n) is 10.5. The van der Waals surface area contributed by atoms with E-state index in [1.807, 2.05) is 17.9 Å². The van der Waals surface area contributed by atoms with E-state index in [1.165, 1.54) is 12.1 Å². The van der Waals surface area contributed by atoms with Gasteiger partial charge in [0, 0.05) is 6.04 Å². The molecular formula is C14H18FNO2. The van der Waals surface area contributed by atoms with E-state index in [1.54, 1.807) is 6.07 Å². The highest BCUT2D eigenvalue weighted by molar-refractivity contribution is 5.73. The van der Waals surface area contributed by atoms with E-state index in [-0.39, 0.29) is 11.9 Å². The molecule has 1 aliphatic heterocycles. The van der Waals surface area contributed by atoms with E-state index in [2.05, 4.69) is 0 Å². The Morgan fingerprint density at radius 1 is 1.61 bits per heavy atom. The lowest BCUT2D eigenvalue weighted by Gasteiger charge is -2.30. The predicted octanol–water partition coefficient (Wildman–Crippen LogP) is 2.83. The number of carbonyl (C=O) groups is 1. The Labute approximate surface area is 106 Å². The van der Waals surface area contributed by atoms with Gasteiger partial charge in [0.15, 0.2) is 0 Å². The van der Waals surface area contributed by atoms with Gasteiger partial charge in [-0.15, -0.1) is 0 Å². The summed E-state index contributed by atoms with van der Waals surface area (Å²) in [6, 6.07) is 6.02. The van der Waals surface area contributed by atoms with E-state index in [4.69, 9.17) is 0 Å². The van der Waals surface area contributed by atoms with E-state index >= 15 is 0 Å². The lowest BCUT2D eigenvalue weighted by Crippen LogP contribution is -2.38. The summed E-state index contributed by atoms with van der Waals surface area (Å²) in [5, 5.41) is 9.21. The number of aliphatic carboxylic acids is 1. The lowest BCUT2D eigenvalue weighted by atomic mass is 10.0. The summed E-state index contributed by atoms with van der Waals surface area (Å²) in [7, 11) is 0. The van der Waals surface area contributed by atoms with Crippen LogP contribution >= 0.6 is 0 Å². The Balaban J connectivity index is 2.25. The molecule has 0 aromatic heterocycles. The molecule has 2 rings (SSSR count). The third-order valence-electron chi connectivity index (χ3n) is 3.60. The molecule has 0 radical (unpaired) electrons. The second kappa shape index (κ2) is 5.48. The number of nitrogens with zero attached hydrogens (tertiary/aromatic N) is 1. The number of carboxylic acids is 1. The van der Waals surface area contributed by atoms with Crippen molar-refractivity contribution in [3.8, 4) is 0 Å². The molecule has 0 aliphatic carbocycles. The number of benzene rings is 1. The van der Waals surface area contributed by atoms with Crippen LogP contribution in [0.1, 0.15) is 37.8 Å². The van der Waals surface area contributed by atoms with Crippen LogP contribution in [-0.2, 0) is 4.79 Å². The van der Waals surface area contributed by atoms with E-state index in [0.29, 0.717) is 6.42 Å². The van der Waals surface area contributed by atoms with Gasteiger partial charge in [0.1, 0.15) is 11.9 Å². The molecule has 0 amide bonds. The fraction of sp³-hybridized carbons (Fsp3) is 0.500. The third-order valence-corrected chi connectivity index (χ3v) is 3.60. The second-order valence-electron chi connectivity index (χ2n) is 4.71. The van der Waals surface area contributed by atoms with E-state index in [9.17, 15) is 14.3 Å². The predicted molar refractivity (Wildman–Crippen MR) is 66.8 cm³/mol. The molecule has 98 valence electrons. The van der Waals surface area contributed by atoms with Crippen LogP contribution in [-0.4, -0.2) is 28.6 Å². The Morgan fingerprint density at radius 2 is 2.39 bits per heavy atom. The summed E-state index contributed by atoms with van der Waals surface area (Å²) in [6.07, 6.45) is 2.36. The summed E-state index contributed by atoms with van der Waals surface area (Å²) in [6.45, 7) is 2.78. The minimum Gasteiger partial charge on any atom is -0.480 e. The van der Waals surface area contributed by atoms with E-state index in [0.717, 1.165) is 24.9 Å². The molecule has 2 unspecified atom stereocenters. The maximum Gasteiger partial charge on any atom is 0.320 e. The molecule has 0 spiro atoms. The van der Waals surface area contributed by atoms with Crippen LogP contribution in [0.3, 0.4) is 0 Å². The van der Waals surface area contributed by atoms with Crippen LogP contribution in [0.25, 0.3) is 0 Å². The van der Waals surface area contributed by atoms with Gasteiger partial charge >= 0.3 is 5.97 Å². The first-order chi connectivity index (χ1) is 8.63. The smallest absolute Gasteiger partial charge is 0.320 e. The molecule has 4 heteroatoms. The second-order valence-corrected chi connectivity index (χ2v) is 4.71. The van der Waals surface area contributed by atoms with Crippen molar-refractivity contribution >= 4 is 5.97 Å². The molecule has 0 bridgehead atoms. The Bertz CT molecular complexity index is 436. The maximum atomic E-state index is 13.3. The average molecular weight is 251 g/mol. The maximum absolute atomic E-state index is 13.3. The van der Waals surface area contributed by atoms with Crippen molar-refractivity contribution in [3.63, 3.8) is 0 Å². The van der Waals surface area contributed by atoms with Crippen LogP contribution in [0.5, 0.6) is 0 Å². The van der Waals surface area contributed by atoms with Gasteiger partial charge in [0.05, 0.1) is 0 Å². The van der Waals surface area contributed by atoms with Crippen molar-refractivity contribution in [1.29, 1.82) is 0 Å². The van der Waals surface area contributed by atoms with Crippen LogP contribution in [0.2, 0.25) is 0 Å². The van der Waals surface area contributed by atoms with Gasteiger partial charge in [-0.3, -0.25) is 9.69 Å². The Morgan fingerprint density at radius 3 is 3.00 bits per heavy atom. The standard InChI is InChI=1S/C14H18FNO2/c1-2-12(10-5-3-6-11(15)9-10)16-8-4-7-13(16)14(17)18/h3,5-6,9,12-13H,2,4,7-8H2,1H3,(H,17,18). The monoisotopic (exact) mass is 251 g/mol. The zero-order chi connectivity index (χ0) is 13.1. The molecule has 1 saturated heterocycles. The molecule has 1 aromatic rings. The molecule has 18 heavy (non-hydrogen) atoms. The van der Waals surface area contributed by atoms with Crippen LogP contribution in [0.4, 0.5) is 4.39 Å². The molecule has 1 fully saturated rings. The first-order valence-electron chi connectivity index (χ1n) is 6.37. The fourth-order valence-electron chi connectivity index (χ4n) is 2.80. The molecule has 0 saturated carbocycles. The highest BCUT2D eigenvalue weighted by Crippen LogP contribution is 2.32. The molecule has 3 nitrogen and oxygen atoms in total. The number of hydrogen-bond donors (Lipinski definition) is 1. The number of hydrogen-bond acceptors (Lipinski definition) is 2. The normalized spacial score (nSPS) is 22.0. The van der Waals surface area contributed by atoms with Crippen LogP contribution < -0.4 is 0 Å². The van der Waals surface area contributed by atoms with Gasteiger partial charge in [0.2, 0.25) is 0 Å². The molecular weight excluding hydrogens is 233 g/mol. The van der Waals surface area contributed by atoms with Crippen molar-refractivity contribution in [2.45, 2.75) is 38.3 Å². The molecule has 1 aliphatic rings. The first-order valence-corrected chi connectivity index (χ1v) is 6.37. The molecule has 1 N–H and O–H groups in total. The van der Waals surface area contributed by atoms with Gasteiger partial charge in [-0.25, -0.2) is 4.39 Å². The minimum absolute atomic E-state index is 0.00991. The number of halogens is 1. The van der Waals surface area contributed by atoms with Crippen molar-refractivity contribution in [2.24, 2.45) is 0 Å². The summed E-state index contributed by atoms with van der Waals surface area (Å²) in [5.74, 6) is -1.04. The van der Waals surface area contributed by atoms with Gasteiger partial charge < -0.3 is 5.11 Å². The van der Waals surface area contributed by atoms with E-state index < -0.39 is 12.0 Å². The topological polar surface area (TPSA) is 40.5 Å².